The van der Waals surface area contributed by atoms with Crippen LogP contribution in [0.15, 0.2) is 35.6 Å². The molecule has 1 aliphatic rings. The van der Waals surface area contributed by atoms with Crippen molar-refractivity contribution in [3.05, 3.63) is 52.8 Å². The quantitative estimate of drug-likeness (QED) is 0.378. The highest BCUT2D eigenvalue weighted by atomic mass is 127. The molecular formula is C22H34IN5. The summed E-state index contributed by atoms with van der Waals surface area (Å²) in [5, 5.41) is 7.77. The first-order valence-corrected chi connectivity index (χ1v) is 10.1. The van der Waals surface area contributed by atoms with Gasteiger partial charge in [-0.15, -0.1) is 24.0 Å². The predicted molar refractivity (Wildman–Crippen MR) is 128 cm³/mol. The van der Waals surface area contributed by atoms with E-state index >= 15 is 0 Å². The lowest BCUT2D eigenvalue weighted by Crippen LogP contribution is -2.40. The first kappa shape index (κ1) is 22.7. The van der Waals surface area contributed by atoms with Crippen molar-refractivity contribution in [2.75, 3.05) is 26.2 Å². The second-order valence-corrected chi connectivity index (χ2v) is 7.81. The molecule has 1 saturated heterocycles. The molecule has 2 aromatic rings. The number of aryl methyl sites for hydroxylation is 3. The van der Waals surface area contributed by atoms with Crippen molar-refractivity contribution in [1.82, 2.24) is 20.0 Å². The summed E-state index contributed by atoms with van der Waals surface area (Å²) in [6.07, 6.45) is 7.44. The SMILES string of the molecule is CCNC(=NCCc1cc(C)cc(C)c1)N1CCC(Cc2cnn(C)c2)C1.I. The molecule has 1 aromatic carbocycles. The molecule has 0 bridgehead atoms. The van der Waals surface area contributed by atoms with E-state index in [1.165, 1.54) is 28.7 Å². The Morgan fingerprint density at radius 3 is 2.61 bits per heavy atom. The second kappa shape index (κ2) is 10.8. The molecule has 0 radical (unpaired) electrons. The summed E-state index contributed by atoms with van der Waals surface area (Å²) in [6, 6.07) is 6.77. The number of aliphatic imine (C=N–C) groups is 1. The Hall–Kier alpha value is -1.57. The monoisotopic (exact) mass is 495 g/mol. The number of aromatic nitrogens is 2. The van der Waals surface area contributed by atoms with Crippen LogP contribution in [0, 0.1) is 19.8 Å². The smallest absolute Gasteiger partial charge is 0.193 e. The fourth-order valence-electron chi connectivity index (χ4n) is 4.03. The number of nitrogens with zero attached hydrogens (tertiary/aromatic N) is 4. The fraction of sp³-hybridized carbons (Fsp3) is 0.545. The highest BCUT2D eigenvalue weighted by Gasteiger charge is 2.25. The van der Waals surface area contributed by atoms with Crippen molar-refractivity contribution >= 4 is 29.9 Å². The summed E-state index contributed by atoms with van der Waals surface area (Å²) in [6.45, 7) is 10.4. The molecular weight excluding hydrogens is 461 g/mol. The Morgan fingerprint density at radius 2 is 1.96 bits per heavy atom. The minimum absolute atomic E-state index is 0. The number of hydrogen-bond donors (Lipinski definition) is 1. The van der Waals surface area contributed by atoms with Crippen molar-refractivity contribution < 1.29 is 0 Å². The third-order valence-corrected chi connectivity index (χ3v) is 5.15. The zero-order valence-electron chi connectivity index (χ0n) is 17.6. The van der Waals surface area contributed by atoms with E-state index in [0.29, 0.717) is 5.92 Å². The molecule has 28 heavy (non-hydrogen) atoms. The van der Waals surface area contributed by atoms with E-state index in [1.54, 1.807) is 0 Å². The van der Waals surface area contributed by atoms with Gasteiger partial charge in [0.2, 0.25) is 0 Å². The topological polar surface area (TPSA) is 45.5 Å². The molecule has 1 fully saturated rings. The molecule has 1 aromatic heterocycles. The van der Waals surface area contributed by atoms with Gasteiger partial charge in [0.15, 0.2) is 5.96 Å². The van der Waals surface area contributed by atoms with Crippen LogP contribution in [-0.4, -0.2) is 46.8 Å². The van der Waals surface area contributed by atoms with E-state index in [2.05, 4.69) is 60.5 Å². The first-order valence-electron chi connectivity index (χ1n) is 10.1. The van der Waals surface area contributed by atoms with Crippen LogP contribution in [0.25, 0.3) is 0 Å². The molecule has 0 amide bonds. The number of benzene rings is 1. The highest BCUT2D eigenvalue weighted by Crippen LogP contribution is 2.20. The van der Waals surface area contributed by atoms with E-state index in [0.717, 1.165) is 45.0 Å². The lowest BCUT2D eigenvalue weighted by atomic mass is 10.0. The van der Waals surface area contributed by atoms with E-state index in [1.807, 2.05) is 17.9 Å². The van der Waals surface area contributed by atoms with Crippen LogP contribution >= 0.6 is 24.0 Å². The average Bonchev–Trinajstić information content (AvgIpc) is 3.23. The molecule has 6 heteroatoms. The Balaban J connectivity index is 0.00000280. The summed E-state index contributed by atoms with van der Waals surface area (Å²) in [5.41, 5.74) is 5.38. The third-order valence-electron chi connectivity index (χ3n) is 5.15. The zero-order chi connectivity index (χ0) is 19.2. The van der Waals surface area contributed by atoms with Gasteiger partial charge in [-0.3, -0.25) is 9.67 Å². The number of halogens is 1. The maximum absolute atomic E-state index is 4.91. The van der Waals surface area contributed by atoms with Crippen molar-refractivity contribution in [3.63, 3.8) is 0 Å². The van der Waals surface area contributed by atoms with Crippen LogP contribution in [0.2, 0.25) is 0 Å². The molecule has 0 saturated carbocycles. The van der Waals surface area contributed by atoms with Gasteiger partial charge in [-0.2, -0.15) is 5.10 Å². The number of hydrogen-bond acceptors (Lipinski definition) is 2. The maximum atomic E-state index is 4.91. The van der Waals surface area contributed by atoms with Gasteiger partial charge in [0.1, 0.15) is 0 Å². The number of guanidine groups is 1. The summed E-state index contributed by atoms with van der Waals surface area (Å²) in [7, 11) is 1.98. The van der Waals surface area contributed by atoms with Crippen LogP contribution in [-0.2, 0) is 19.9 Å². The minimum atomic E-state index is 0. The van der Waals surface area contributed by atoms with Crippen LogP contribution < -0.4 is 5.32 Å². The van der Waals surface area contributed by atoms with E-state index < -0.39 is 0 Å². The number of likely N-dealkylation sites (tertiary alicyclic amines) is 1. The van der Waals surface area contributed by atoms with Crippen LogP contribution in [0.4, 0.5) is 0 Å². The minimum Gasteiger partial charge on any atom is -0.357 e. The van der Waals surface area contributed by atoms with Gasteiger partial charge < -0.3 is 10.2 Å². The maximum Gasteiger partial charge on any atom is 0.193 e. The van der Waals surface area contributed by atoms with Gasteiger partial charge in [-0.05, 0) is 57.1 Å². The second-order valence-electron chi connectivity index (χ2n) is 7.81. The summed E-state index contributed by atoms with van der Waals surface area (Å²) >= 11 is 0. The standard InChI is InChI=1S/C22H33N5.HI/c1-5-23-22(24-8-6-19-11-17(2)10-18(3)12-19)27-9-7-20(16-27)13-21-14-25-26(4)15-21;/h10-12,14-15,20H,5-9,13,16H2,1-4H3,(H,23,24);1H. The number of nitrogens with one attached hydrogen (secondary N) is 1. The van der Waals surface area contributed by atoms with Crippen LogP contribution in [0.5, 0.6) is 0 Å². The van der Waals surface area contributed by atoms with Gasteiger partial charge in [-0.25, -0.2) is 0 Å². The van der Waals surface area contributed by atoms with Gasteiger partial charge >= 0.3 is 0 Å². The van der Waals surface area contributed by atoms with Gasteiger partial charge in [0.05, 0.1) is 6.20 Å². The Morgan fingerprint density at radius 1 is 1.21 bits per heavy atom. The summed E-state index contributed by atoms with van der Waals surface area (Å²) in [5.74, 6) is 1.74. The fourth-order valence-corrected chi connectivity index (χ4v) is 4.03. The van der Waals surface area contributed by atoms with Gasteiger partial charge in [-0.1, -0.05) is 29.3 Å². The van der Waals surface area contributed by atoms with Crippen LogP contribution in [0.1, 0.15) is 35.6 Å². The van der Waals surface area contributed by atoms with Crippen molar-refractivity contribution in [1.29, 1.82) is 0 Å². The molecule has 0 spiro atoms. The van der Waals surface area contributed by atoms with Gasteiger partial charge in [0, 0.05) is 39.4 Å². The molecule has 1 unspecified atom stereocenters. The average molecular weight is 495 g/mol. The molecule has 154 valence electrons. The lowest BCUT2D eigenvalue weighted by molar-refractivity contribution is 0.460. The zero-order valence-corrected chi connectivity index (χ0v) is 19.9. The predicted octanol–water partition coefficient (Wildman–Crippen LogP) is 3.73. The molecule has 5 nitrogen and oxygen atoms in total. The normalized spacial score (nSPS) is 16.9. The molecule has 0 aliphatic carbocycles. The van der Waals surface area contributed by atoms with E-state index in [9.17, 15) is 0 Å². The van der Waals surface area contributed by atoms with Crippen molar-refractivity contribution in [3.8, 4) is 0 Å². The Kier molecular flexibility index (Phi) is 8.79. The van der Waals surface area contributed by atoms with E-state index in [-0.39, 0.29) is 24.0 Å². The molecule has 1 atom stereocenters. The number of rotatable bonds is 6. The summed E-state index contributed by atoms with van der Waals surface area (Å²) in [4.78, 5) is 7.33. The van der Waals surface area contributed by atoms with Crippen molar-refractivity contribution in [2.24, 2.45) is 18.0 Å². The molecule has 3 rings (SSSR count). The molecule has 1 aliphatic heterocycles. The third kappa shape index (κ3) is 6.50. The van der Waals surface area contributed by atoms with Gasteiger partial charge in [0.25, 0.3) is 0 Å². The lowest BCUT2D eigenvalue weighted by Gasteiger charge is -2.21. The Bertz CT molecular complexity index is 763. The van der Waals surface area contributed by atoms with Crippen molar-refractivity contribution in [2.45, 2.75) is 40.0 Å². The Labute approximate surface area is 186 Å². The summed E-state index contributed by atoms with van der Waals surface area (Å²) < 4.78 is 1.89. The molecule has 2 heterocycles. The molecule has 1 N–H and O–H groups in total. The first-order chi connectivity index (χ1) is 13.0. The van der Waals surface area contributed by atoms with Crippen LogP contribution in [0.3, 0.4) is 0 Å². The largest absolute Gasteiger partial charge is 0.357 e. The highest BCUT2D eigenvalue weighted by molar-refractivity contribution is 14.0. The van der Waals surface area contributed by atoms with E-state index in [4.69, 9.17) is 4.99 Å².